The lowest BCUT2D eigenvalue weighted by Gasteiger charge is -2.21. The highest BCUT2D eigenvalue weighted by atomic mass is 16.4. The number of carboxylic acids is 1. The third-order valence-electron chi connectivity index (χ3n) is 3.82. The van der Waals surface area contributed by atoms with Crippen molar-refractivity contribution in [3.63, 3.8) is 0 Å². The Morgan fingerprint density at radius 3 is 2.43 bits per heavy atom. The molecule has 12 heteroatoms. The number of H-pyrrole nitrogens is 1. The zero-order valence-electron chi connectivity index (χ0n) is 15.4. The van der Waals surface area contributed by atoms with E-state index < -0.39 is 35.8 Å². The van der Waals surface area contributed by atoms with Crippen LogP contribution in [0.3, 0.4) is 0 Å². The lowest BCUT2D eigenvalue weighted by atomic mass is 10.1. The zero-order chi connectivity index (χ0) is 20.9. The maximum atomic E-state index is 12.6. The van der Waals surface area contributed by atoms with Crippen LogP contribution in [0.25, 0.3) is 0 Å². The number of aliphatic carboxylic acids is 1. The number of hydrogen-bond acceptors (Lipinski definition) is 7. The van der Waals surface area contributed by atoms with E-state index in [0.717, 1.165) is 0 Å². The molecule has 0 fully saturated rings. The van der Waals surface area contributed by atoms with E-state index in [1.165, 1.54) is 12.5 Å². The molecule has 0 bridgehead atoms. The van der Waals surface area contributed by atoms with E-state index in [-0.39, 0.29) is 25.9 Å². The average molecular weight is 397 g/mol. The van der Waals surface area contributed by atoms with Crippen molar-refractivity contribution in [2.75, 3.05) is 19.6 Å². The monoisotopic (exact) mass is 397 g/mol. The Kier molecular flexibility index (Phi) is 10.2. The Balaban J connectivity index is 2.75. The number of imidazole rings is 1. The van der Waals surface area contributed by atoms with E-state index in [0.29, 0.717) is 25.1 Å². The molecule has 1 aromatic heterocycles. The molecule has 0 aliphatic heterocycles. The smallest absolute Gasteiger partial charge is 0.326 e. The number of rotatable bonds is 13. The van der Waals surface area contributed by atoms with Gasteiger partial charge in [-0.25, -0.2) is 9.78 Å². The molecule has 1 heterocycles. The lowest BCUT2D eigenvalue weighted by molar-refractivity contribution is -0.142. The number of nitrogens with one attached hydrogen (secondary N) is 4. The molecular formula is C16H27N7O5. The summed E-state index contributed by atoms with van der Waals surface area (Å²) in [4.78, 5) is 53.8. The van der Waals surface area contributed by atoms with Gasteiger partial charge >= 0.3 is 5.97 Å². The molecule has 1 aromatic rings. The molecule has 2 atom stereocenters. The summed E-state index contributed by atoms with van der Waals surface area (Å²) in [6.07, 6.45) is 4.36. The second-order valence-corrected chi connectivity index (χ2v) is 6.07. The lowest BCUT2D eigenvalue weighted by Crippen LogP contribution is -2.54. The Hall–Kier alpha value is -2.99. The number of hydrogen-bond donors (Lipinski definition) is 7. The molecule has 3 amide bonds. The highest BCUT2D eigenvalue weighted by Gasteiger charge is 2.27. The van der Waals surface area contributed by atoms with Crippen molar-refractivity contribution in [3.05, 3.63) is 18.2 Å². The van der Waals surface area contributed by atoms with Gasteiger partial charge in [-0.2, -0.15) is 0 Å². The standard InChI is InChI=1S/C16H27N7O5/c17-4-2-1-3-11(16(27)28)23-15(26)12(5-10-7-19-9-21-10)22-14(25)8-20-13(24)6-18/h7,9,11-12H,1-6,8,17-18H2,(H,19,21)(H,20,24)(H,22,25)(H,23,26)(H,27,28)/t11-,12-/m0/s1. The number of nitrogens with zero attached hydrogens (tertiary/aromatic N) is 1. The number of nitrogens with two attached hydrogens (primary N) is 2. The highest BCUT2D eigenvalue weighted by Crippen LogP contribution is 2.04. The van der Waals surface area contributed by atoms with Crippen LogP contribution >= 0.6 is 0 Å². The van der Waals surface area contributed by atoms with Crippen molar-refractivity contribution in [2.24, 2.45) is 11.5 Å². The van der Waals surface area contributed by atoms with Crippen molar-refractivity contribution in [2.45, 2.75) is 37.8 Å². The van der Waals surface area contributed by atoms with E-state index in [4.69, 9.17) is 11.5 Å². The van der Waals surface area contributed by atoms with Gasteiger partial charge < -0.3 is 37.5 Å². The van der Waals surface area contributed by atoms with Gasteiger partial charge in [0, 0.05) is 18.3 Å². The fraction of sp³-hybridized carbons (Fsp3) is 0.562. The quantitative estimate of drug-likeness (QED) is 0.173. The van der Waals surface area contributed by atoms with Gasteiger partial charge in [0.05, 0.1) is 19.4 Å². The maximum absolute atomic E-state index is 12.6. The molecule has 0 unspecified atom stereocenters. The predicted octanol–water partition coefficient (Wildman–Crippen LogP) is -2.79. The van der Waals surface area contributed by atoms with Gasteiger partial charge in [-0.3, -0.25) is 14.4 Å². The van der Waals surface area contributed by atoms with Gasteiger partial charge in [0.1, 0.15) is 12.1 Å². The summed E-state index contributed by atoms with van der Waals surface area (Å²) in [7, 11) is 0. The summed E-state index contributed by atoms with van der Waals surface area (Å²) in [5.74, 6) is -2.97. The molecular weight excluding hydrogens is 370 g/mol. The van der Waals surface area contributed by atoms with E-state index >= 15 is 0 Å². The van der Waals surface area contributed by atoms with Crippen molar-refractivity contribution < 1.29 is 24.3 Å². The van der Waals surface area contributed by atoms with E-state index in [1.54, 1.807) is 0 Å². The van der Waals surface area contributed by atoms with Gasteiger partial charge in [0.2, 0.25) is 17.7 Å². The van der Waals surface area contributed by atoms with Crippen molar-refractivity contribution in [3.8, 4) is 0 Å². The molecule has 9 N–H and O–H groups in total. The molecule has 28 heavy (non-hydrogen) atoms. The minimum Gasteiger partial charge on any atom is -0.480 e. The fourth-order valence-corrected chi connectivity index (χ4v) is 2.34. The number of carboxylic acid groups (broad SMARTS) is 1. The van der Waals surface area contributed by atoms with E-state index in [2.05, 4.69) is 25.9 Å². The molecule has 0 spiro atoms. The molecule has 0 aliphatic carbocycles. The molecule has 0 saturated carbocycles. The molecule has 12 nitrogen and oxygen atoms in total. The summed E-state index contributed by atoms with van der Waals surface area (Å²) in [5.41, 5.74) is 11.1. The van der Waals surface area contributed by atoms with E-state index in [1.807, 2.05) is 0 Å². The second kappa shape index (κ2) is 12.4. The minimum absolute atomic E-state index is 0.0670. The van der Waals surface area contributed by atoms with Gasteiger partial charge in [-0.05, 0) is 25.8 Å². The summed E-state index contributed by atoms with van der Waals surface area (Å²) >= 11 is 0. The first-order valence-electron chi connectivity index (χ1n) is 8.84. The molecule has 156 valence electrons. The molecule has 0 aromatic carbocycles. The second-order valence-electron chi connectivity index (χ2n) is 6.07. The van der Waals surface area contributed by atoms with Crippen LogP contribution in [0.5, 0.6) is 0 Å². The molecule has 0 aliphatic rings. The summed E-state index contributed by atoms with van der Waals surface area (Å²) in [6, 6.07) is -2.16. The van der Waals surface area contributed by atoms with Crippen LogP contribution < -0.4 is 27.4 Å². The largest absolute Gasteiger partial charge is 0.480 e. The number of carbonyl (C=O) groups excluding carboxylic acids is 3. The van der Waals surface area contributed by atoms with Crippen LogP contribution in [-0.4, -0.2) is 70.5 Å². The van der Waals surface area contributed by atoms with Crippen LogP contribution in [0.4, 0.5) is 0 Å². The first-order chi connectivity index (χ1) is 13.4. The summed E-state index contributed by atoms with van der Waals surface area (Å²) < 4.78 is 0. The number of unbranched alkanes of at least 4 members (excludes halogenated alkanes) is 1. The molecule has 0 radical (unpaired) electrons. The number of amides is 3. The van der Waals surface area contributed by atoms with Crippen LogP contribution in [0.15, 0.2) is 12.5 Å². The average Bonchev–Trinajstić information content (AvgIpc) is 3.17. The van der Waals surface area contributed by atoms with Crippen molar-refractivity contribution in [1.82, 2.24) is 25.9 Å². The predicted molar refractivity (Wildman–Crippen MR) is 98.8 cm³/mol. The minimum atomic E-state index is -1.17. The Labute approximate surface area is 161 Å². The third-order valence-corrected chi connectivity index (χ3v) is 3.82. The fourth-order valence-electron chi connectivity index (χ4n) is 2.34. The summed E-state index contributed by atoms with van der Waals surface area (Å²) in [6.45, 7) is -0.205. The van der Waals surface area contributed by atoms with Crippen molar-refractivity contribution >= 4 is 23.7 Å². The van der Waals surface area contributed by atoms with Crippen LogP contribution in [0.2, 0.25) is 0 Å². The summed E-state index contributed by atoms with van der Waals surface area (Å²) in [5, 5.41) is 16.5. The van der Waals surface area contributed by atoms with Crippen LogP contribution in [0.1, 0.15) is 25.0 Å². The zero-order valence-corrected chi connectivity index (χ0v) is 15.4. The van der Waals surface area contributed by atoms with Crippen LogP contribution in [-0.2, 0) is 25.6 Å². The van der Waals surface area contributed by atoms with Gasteiger partial charge in [0.25, 0.3) is 0 Å². The number of aromatic amines is 1. The van der Waals surface area contributed by atoms with Crippen LogP contribution in [0, 0.1) is 0 Å². The number of aromatic nitrogens is 2. The first-order valence-corrected chi connectivity index (χ1v) is 8.84. The number of carbonyl (C=O) groups is 4. The molecule has 1 rings (SSSR count). The van der Waals surface area contributed by atoms with Gasteiger partial charge in [-0.15, -0.1) is 0 Å². The Bertz CT molecular complexity index is 650. The normalized spacial score (nSPS) is 12.6. The Morgan fingerprint density at radius 1 is 1.11 bits per heavy atom. The van der Waals surface area contributed by atoms with Gasteiger partial charge in [-0.1, -0.05) is 0 Å². The first kappa shape index (κ1) is 23.0. The van der Waals surface area contributed by atoms with Crippen molar-refractivity contribution in [1.29, 1.82) is 0 Å². The topological polar surface area (TPSA) is 205 Å². The Morgan fingerprint density at radius 2 is 1.86 bits per heavy atom. The van der Waals surface area contributed by atoms with E-state index in [9.17, 15) is 24.3 Å². The van der Waals surface area contributed by atoms with Gasteiger partial charge in [0.15, 0.2) is 0 Å². The third kappa shape index (κ3) is 8.60. The highest BCUT2D eigenvalue weighted by molar-refractivity contribution is 5.92. The maximum Gasteiger partial charge on any atom is 0.326 e. The SMILES string of the molecule is NCCCC[C@H](NC(=O)[C@H](Cc1cnc[nH]1)NC(=O)CNC(=O)CN)C(=O)O. The molecule has 0 saturated heterocycles.